The average molecular weight is 735 g/mol. The largest absolute Gasteiger partial charge is 0.384 e. The summed E-state index contributed by atoms with van der Waals surface area (Å²) in [4.78, 5) is 86.5. The fourth-order valence-corrected chi connectivity index (χ4v) is 9.13. The van der Waals surface area contributed by atoms with Crippen molar-refractivity contribution < 1.29 is 33.9 Å². The van der Waals surface area contributed by atoms with Gasteiger partial charge in [-0.05, 0) is 62.2 Å². The number of dihydropyridines is 1. The predicted octanol–water partition coefficient (Wildman–Crippen LogP) is 1.19. The Labute approximate surface area is 306 Å². The number of allylic oxidation sites excluding steroid dienone is 3. The van der Waals surface area contributed by atoms with Crippen molar-refractivity contribution in [1.29, 1.82) is 0 Å². The van der Waals surface area contributed by atoms with E-state index in [9.17, 15) is 33.9 Å². The summed E-state index contributed by atoms with van der Waals surface area (Å²) in [5, 5.41) is 24.8. The highest BCUT2D eigenvalue weighted by atomic mass is 32.2. The van der Waals surface area contributed by atoms with Crippen LogP contribution in [0.15, 0.2) is 47.1 Å². The summed E-state index contributed by atoms with van der Waals surface area (Å²) < 4.78 is 1.50. The first-order valence-electron chi connectivity index (χ1n) is 17.9. The molecule has 278 valence electrons. The van der Waals surface area contributed by atoms with E-state index in [0.717, 1.165) is 32.1 Å². The van der Waals surface area contributed by atoms with Crippen LogP contribution >= 0.6 is 11.8 Å². The fraction of sp³-hybridized carbons (Fsp3) is 0.583. The van der Waals surface area contributed by atoms with Crippen molar-refractivity contribution in [1.82, 2.24) is 30.5 Å². The quantitative estimate of drug-likeness (QED) is 0.238. The van der Waals surface area contributed by atoms with Crippen LogP contribution in [-0.4, -0.2) is 102 Å². The molecule has 15 nitrogen and oxygen atoms in total. The van der Waals surface area contributed by atoms with Crippen molar-refractivity contribution in [3.63, 3.8) is 0 Å². The van der Waals surface area contributed by atoms with Crippen molar-refractivity contribution in [2.75, 3.05) is 18.1 Å². The van der Waals surface area contributed by atoms with Gasteiger partial charge in [-0.25, -0.2) is 9.67 Å². The monoisotopic (exact) mass is 734 g/mol. The number of nitrogens with one attached hydrogen (secondary N) is 2. The molecule has 5 amide bonds. The number of amides is 5. The van der Waals surface area contributed by atoms with Crippen LogP contribution in [0.5, 0.6) is 0 Å². The van der Waals surface area contributed by atoms with E-state index < -0.39 is 70.5 Å². The van der Waals surface area contributed by atoms with E-state index in [4.69, 9.17) is 5.73 Å². The average Bonchev–Trinajstić information content (AvgIpc) is 3.80. The van der Waals surface area contributed by atoms with E-state index in [1.807, 2.05) is 0 Å². The molecule has 52 heavy (non-hydrogen) atoms. The van der Waals surface area contributed by atoms with Crippen LogP contribution in [-0.2, 0) is 34.4 Å². The Morgan fingerprint density at radius 3 is 2.54 bits per heavy atom. The van der Waals surface area contributed by atoms with Gasteiger partial charge in [-0.1, -0.05) is 61.6 Å². The third-order valence-corrected chi connectivity index (χ3v) is 11.8. The molecule has 2 aliphatic carbocycles. The molecule has 0 aromatic carbocycles. The van der Waals surface area contributed by atoms with Crippen molar-refractivity contribution in [3.05, 3.63) is 47.8 Å². The number of rotatable bonds is 11. The second-order valence-corrected chi connectivity index (χ2v) is 16.1. The molecule has 1 unspecified atom stereocenters. The molecule has 0 spiro atoms. The van der Waals surface area contributed by atoms with Gasteiger partial charge in [0.05, 0.1) is 23.9 Å². The third-order valence-electron chi connectivity index (χ3n) is 10.8. The van der Waals surface area contributed by atoms with Gasteiger partial charge in [-0.2, -0.15) is 11.8 Å². The van der Waals surface area contributed by atoms with E-state index in [0.29, 0.717) is 29.2 Å². The van der Waals surface area contributed by atoms with Crippen LogP contribution in [0.25, 0.3) is 0 Å². The molecule has 0 bridgehead atoms. The molecule has 0 radical (unpaired) electrons. The van der Waals surface area contributed by atoms with Gasteiger partial charge in [-0.3, -0.25) is 28.8 Å². The lowest BCUT2D eigenvalue weighted by Crippen LogP contribution is -2.63. The highest BCUT2D eigenvalue weighted by molar-refractivity contribution is 7.99. The number of aliphatic hydroxyl groups is 1. The highest BCUT2D eigenvalue weighted by Gasteiger charge is 2.49. The molecule has 1 aromatic heterocycles. The Morgan fingerprint density at radius 1 is 1.12 bits per heavy atom. The molecular weight excluding hydrogens is 689 g/mol. The topological polar surface area (TPSA) is 219 Å². The van der Waals surface area contributed by atoms with E-state index in [-0.39, 0.29) is 37.4 Å². The summed E-state index contributed by atoms with van der Waals surface area (Å²) in [7, 11) is 0. The van der Waals surface area contributed by atoms with Crippen LogP contribution in [0.2, 0.25) is 0 Å². The summed E-state index contributed by atoms with van der Waals surface area (Å²) in [5.74, 6) is -3.75. The number of likely N-dealkylation sites (tertiary alicyclic amines) is 1. The molecule has 3 fully saturated rings. The van der Waals surface area contributed by atoms with Gasteiger partial charge in [0.2, 0.25) is 17.6 Å². The standard InChI is InChI=1S/C36H46N8O7S/c1-35(2,51)28-19-38-42-44(28)23-18-27(33(49)41-36(29(45)30(37)46)12-14-52-15-13-36)43(20-23)34(50)26(16-21-8-4-3-5-9-21)40-32(48)25-17-22-10-6-7-11-24(22)31(47)39-25/h6-7,10-11,17,19,21,23-24,26-27,51H,3-5,8-9,12-16,18,20H2,1-2H3,(H2,37,46)(H,40,48)(H,41,49)/t23-,24?,26+,27-/m0/s1. The molecule has 1 saturated carbocycles. The summed E-state index contributed by atoms with van der Waals surface area (Å²) in [6.07, 6.45) is 15.5. The maximum atomic E-state index is 14.8. The number of nitrogens with zero attached hydrogens (tertiary/aromatic N) is 5. The van der Waals surface area contributed by atoms with Crippen molar-refractivity contribution in [2.24, 2.45) is 22.6 Å². The number of carbonyl (C=O) groups excluding carboxylic acids is 6. The zero-order chi connectivity index (χ0) is 37.2. The number of aromatic nitrogens is 3. The first kappa shape index (κ1) is 37.3. The van der Waals surface area contributed by atoms with Crippen LogP contribution in [0, 0.1) is 11.8 Å². The van der Waals surface area contributed by atoms with Crippen molar-refractivity contribution in [3.8, 4) is 0 Å². The Morgan fingerprint density at radius 2 is 1.85 bits per heavy atom. The summed E-state index contributed by atoms with van der Waals surface area (Å²) in [5.41, 5.74) is 3.48. The number of hydrogen-bond acceptors (Lipinski definition) is 10. The number of thioether (sulfide) groups is 1. The number of fused-ring (bicyclic) bond motifs is 1. The first-order valence-corrected chi connectivity index (χ1v) is 19.1. The second kappa shape index (κ2) is 15.3. The lowest BCUT2D eigenvalue weighted by molar-refractivity contribution is -0.145. The lowest BCUT2D eigenvalue weighted by Gasteiger charge is -2.37. The van der Waals surface area contributed by atoms with Gasteiger partial charge in [0.15, 0.2) is 0 Å². The van der Waals surface area contributed by atoms with E-state index in [1.54, 1.807) is 56.0 Å². The minimum absolute atomic E-state index is 0.0185. The fourth-order valence-electron chi connectivity index (χ4n) is 7.94. The minimum atomic E-state index is -1.51. The van der Waals surface area contributed by atoms with Gasteiger partial charge >= 0.3 is 0 Å². The van der Waals surface area contributed by atoms with Crippen molar-refractivity contribution in [2.45, 2.75) is 101 Å². The number of primary amides is 1. The van der Waals surface area contributed by atoms with Gasteiger partial charge in [0.25, 0.3) is 17.7 Å². The number of aliphatic imine (C=N–C) groups is 1. The smallest absolute Gasteiger partial charge is 0.287 e. The maximum Gasteiger partial charge on any atom is 0.287 e. The molecule has 1 aromatic rings. The van der Waals surface area contributed by atoms with Gasteiger partial charge in [0.1, 0.15) is 28.9 Å². The normalized spacial score (nSPS) is 25.1. The Balaban J connectivity index is 1.32. The molecule has 4 atom stereocenters. The molecule has 6 rings (SSSR count). The maximum absolute atomic E-state index is 14.8. The Hall–Kier alpha value is -4.44. The number of Topliss-reactive ketones (excluding diaryl/α,β-unsaturated/α-hetero) is 1. The van der Waals surface area contributed by atoms with Crippen molar-refractivity contribution >= 4 is 52.8 Å². The molecule has 16 heteroatoms. The van der Waals surface area contributed by atoms with E-state index in [2.05, 4.69) is 25.9 Å². The van der Waals surface area contributed by atoms with Gasteiger partial charge in [-0.15, -0.1) is 5.10 Å². The summed E-state index contributed by atoms with van der Waals surface area (Å²) in [6, 6.07) is -2.81. The zero-order valence-corrected chi connectivity index (χ0v) is 30.3. The van der Waals surface area contributed by atoms with Crippen LogP contribution in [0.4, 0.5) is 0 Å². The molecule has 5 aliphatic rings. The van der Waals surface area contributed by atoms with Crippen LogP contribution in [0.3, 0.4) is 0 Å². The third kappa shape index (κ3) is 7.82. The molecule has 5 N–H and O–H groups in total. The molecule has 4 heterocycles. The summed E-state index contributed by atoms with van der Waals surface area (Å²) >= 11 is 1.59. The first-order chi connectivity index (χ1) is 24.8. The van der Waals surface area contributed by atoms with E-state index >= 15 is 0 Å². The van der Waals surface area contributed by atoms with E-state index in [1.165, 1.54) is 15.8 Å². The number of carbonyl (C=O) groups is 6. The molecular formula is C36H46N8O7S. The minimum Gasteiger partial charge on any atom is -0.384 e. The second-order valence-electron chi connectivity index (χ2n) is 14.9. The Bertz CT molecular complexity index is 1750. The Kier molecular flexibility index (Phi) is 11.0. The number of hydrogen-bond donors (Lipinski definition) is 4. The number of ketones is 1. The summed E-state index contributed by atoms with van der Waals surface area (Å²) in [6.45, 7) is 3.14. The van der Waals surface area contributed by atoms with Gasteiger partial charge in [0, 0.05) is 13.0 Å². The van der Waals surface area contributed by atoms with Crippen LogP contribution in [0.1, 0.15) is 83.4 Å². The SMILES string of the molecule is CC(C)(O)c1cnnn1[C@H]1C[C@@H](C(=O)NC2(C(=O)C(N)=O)CCSCC2)N(C(=O)[C@@H](CC2CCCCC2)NC(=O)C2=NC(=O)C3C=CC=CC3=C2)C1. The lowest BCUT2D eigenvalue weighted by atomic mass is 9.84. The molecule has 3 aliphatic heterocycles. The van der Waals surface area contributed by atoms with Gasteiger partial charge < -0.3 is 26.4 Å². The zero-order valence-electron chi connectivity index (χ0n) is 29.5. The molecule has 2 saturated heterocycles. The number of nitrogens with two attached hydrogens (primary N) is 1. The van der Waals surface area contributed by atoms with Crippen LogP contribution < -0.4 is 16.4 Å². The highest BCUT2D eigenvalue weighted by Crippen LogP contribution is 2.35. The predicted molar refractivity (Wildman–Crippen MR) is 191 cm³/mol.